The van der Waals surface area contributed by atoms with Crippen molar-refractivity contribution in [1.29, 1.82) is 0 Å². The molecule has 1 saturated heterocycles. The van der Waals surface area contributed by atoms with Crippen molar-refractivity contribution in [2.75, 3.05) is 18.4 Å². The van der Waals surface area contributed by atoms with Crippen molar-refractivity contribution in [1.82, 2.24) is 30.2 Å². The van der Waals surface area contributed by atoms with E-state index in [9.17, 15) is 14.0 Å². The summed E-state index contributed by atoms with van der Waals surface area (Å²) in [5, 5.41) is 6.86. The topological polar surface area (TPSA) is 113 Å². The minimum absolute atomic E-state index is 0.0468. The number of halogens is 1. The maximum absolute atomic E-state index is 13.6. The van der Waals surface area contributed by atoms with Gasteiger partial charge in [-0.2, -0.15) is 4.98 Å². The zero-order valence-electron chi connectivity index (χ0n) is 19.1. The molecular weight excluding hydrogens is 445 g/mol. The van der Waals surface area contributed by atoms with Gasteiger partial charge in [0.25, 0.3) is 5.91 Å². The number of carbonyl (C=O) groups excluding carboxylic acids is 2. The molecule has 0 unspecified atom stereocenters. The summed E-state index contributed by atoms with van der Waals surface area (Å²) in [5.41, 5.74) is 0.832. The molecule has 3 aromatic heterocycles. The lowest BCUT2D eigenvalue weighted by Crippen LogP contribution is -2.62. The lowest BCUT2D eigenvalue weighted by molar-refractivity contribution is -0.130. The second-order valence-corrected chi connectivity index (χ2v) is 10.4. The molecule has 2 amide bonds. The Hall–Kier alpha value is -3.21. The average molecular weight is 472 g/mol. The van der Waals surface area contributed by atoms with Crippen LogP contribution in [0.3, 0.4) is 0 Å². The van der Waals surface area contributed by atoms with E-state index in [1.165, 1.54) is 17.4 Å². The molecule has 0 aromatic carbocycles. The number of aromatic nitrogens is 4. The highest BCUT2D eigenvalue weighted by Gasteiger charge is 2.36. The highest BCUT2D eigenvalue weighted by atomic mass is 32.1. The van der Waals surface area contributed by atoms with Crippen LogP contribution in [0.25, 0.3) is 10.3 Å². The lowest BCUT2D eigenvalue weighted by Gasteiger charge is -2.40. The molecule has 174 valence electrons. The average Bonchev–Trinajstić information content (AvgIpc) is 3.08. The van der Waals surface area contributed by atoms with E-state index in [0.29, 0.717) is 29.0 Å². The molecule has 4 heterocycles. The Morgan fingerprint density at radius 1 is 1.21 bits per heavy atom. The Balaban J connectivity index is 1.54. The molecule has 1 aliphatic rings. The zero-order valence-corrected chi connectivity index (χ0v) is 20.0. The Bertz CT molecular complexity index is 1220. The van der Waals surface area contributed by atoms with Crippen molar-refractivity contribution in [3.05, 3.63) is 40.5 Å². The molecule has 1 aliphatic heterocycles. The second-order valence-electron chi connectivity index (χ2n) is 9.21. The largest absolute Gasteiger partial charge is 0.349 e. The van der Waals surface area contributed by atoms with Crippen LogP contribution in [0.1, 0.15) is 54.8 Å². The lowest BCUT2D eigenvalue weighted by atomic mass is 9.94. The normalized spacial score (nSPS) is 15.3. The number of rotatable bonds is 5. The molecule has 3 aromatic rings. The van der Waals surface area contributed by atoms with E-state index in [0.717, 1.165) is 11.2 Å². The third-order valence-electron chi connectivity index (χ3n) is 5.32. The fourth-order valence-corrected chi connectivity index (χ4v) is 4.21. The molecule has 1 atom stereocenters. The van der Waals surface area contributed by atoms with Gasteiger partial charge in [0.05, 0.1) is 23.3 Å². The first-order chi connectivity index (χ1) is 15.5. The molecule has 0 saturated carbocycles. The number of carbonyl (C=O) groups is 2. The zero-order chi connectivity index (χ0) is 23.9. The summed E-state index contributed by atoms with van der Waals surface area (Å²) >= 11 is 1.36. The fourth-order valence-electron chi connectivity index (χ4n) is 3.37. The van der Waals surface area contributed by atoms with E-state index >= 15 is 0 Å². The van der Waals surface area contributed by atoms with Gasteiger partial charge in [-0.25, -0.2) is 14.4 Å². The highest BCUT2D eigenvalue weighted by Crippen LogP contribution is 2.28. The first-order valence-electron chi connectivity index (χ1n) is 10.6. The fraction of sp³-hybridized carbons (Fsp3) is 0.455. The number of nitrogens with one attached hydrogen (secondary N) is 2. The number of aryl methyl sites for hydroxylation is 1. The molecule has 1 fully saturated rings. The second kappa shape index (κ2) is 8.62. The van der Waals surface area contributed by atoms with Crippen LogP contribution < -0.4 is 10.6 Å². The molecule has 11 heteroatoms. The number of anilines is 1. The molecule has 33 heavy (non-hydrogen) atoms. The molecule has 0 radical (unpaired) electrons. The van der Waals surface area contributed by atoms with Gasteiger partial charge in [0, 0.05) is 24.7 Å². The smallest absolute Gasteiger partial charge is 0.274 e. The number of hydrogen-bond donors (Lipinski definition) is 2. The van der Waals surface area contributed by atoms with E-state index in [-0.39, 0.29) is 35.5 Å². The number of pyridine rings is 1. The first kappa shape index (κ1) is 23.0. The van der Waals surface area contributed by atoms with Crippen molar-refractivity contribution in [3.8, 4) is 0 Å². The van der Waals surface area contributed by atoms with Crippen LogP contribution >= 0.6 is 11.3 Å². The summed E-state index contributed by atoms with van der Waals surface area (Å²) in [7, 11) is 0. The van der Waals surface area contributed by atoms with Crippen molar-refractivity contribution in [2.45, 2.75) is 46.7 Å². The number of likely N-dealkylation sites (tertiary alicyclic amines) is 1. The van der Waals surface area contributed by atoms with Gasteiger partial charge in [-0.05, 0) is 25.5 Å². The van der Waals surface area contributed by atoms with E-state index in [1.807, 2.05) is 34.6 Å². The van der Waals surface area contributed by atoms with Crippen molar-refractivity contribution >= 4 is 39.4 Å². The van der Waals surface area contributed by atoms with E-state index in [2.05, 4.69) is 30.6 Å². The molecule has 0 aliphatic carbocycles. The SMILES string of the molecule is Cc1nc2nc(N[C@@H](C)c3cncc(F)c3)nc(C(=O)N3CC(NC(=O)C(C)(C)C)C3)c2s1. The van der Waals surface area contributed by atoms with Crippen LogP contribution in [-0.4, -0.2) is 55.8 Å². The molecule has 2 N–H and O–H groups in total. The van der Waals surface area contributed by atoms with Crippen LogP contribution in [0, 0.1) is 18.2 Å². The van der Waals surface area contributed by atoms with Gasteiger partial charge in [0.1, 0.15) is 10.5 Å². The molecule has 9 nitrogen and oxygen atoms in total. The Morgan fingerprint density at radius 2 is 1.94 bits per heavy atom. The highest BCUT2D eigenvalue weighted by molar-refractivity contribution is 7.18. The summed E-state index contributed by atoms with van der Waals surface area (Å²) in [6, 6.07) is 0.961. The summed E-state index contributed by atoms with van der Waals surface area (Å²) in [4.78, 5) is 44.3. The van der Waals surface area contributed by atoms with Crippen LogP contribution in [0.2, 0.25) is 0 Å². The number of fused-ring (bicyclic) bond motifs is 1. The molecule has 0 bridgehead atoms. The molecular formula is C22H26FN7O2S. The Morgan fingerprint density at radius 3 is 2.61 bits per heavy atom. The van der Waals surface area contributed by atoms with Gasteiger partial charge in [0.2, 0.25) is 11.9 Å². The van der Waals surface area contributed by atoms with E-state index < -0.39 is 11.2 Å². The quantitative estimate of drug-likeness (QED) is 0.588. The first-order valence-corrected chi connectivity index (χ1v) is 11.5. The maximum atomic E-state index is 13.6. The third kappa shape index (κ3) is 4.92. The van der Waals surface area contributed by atoms with Crippen molar-refractivity contribution in [3.63, 3.8) is 0 Å². The van der Waals surface area contributed by atoms with Gasteiger partial charge in [-0.15, -0.1) is 11.3 Å². The predicted octanol–water partition coefficient (Wildman–Crippen LogP) is 3.09. The summed E-state index contributed by atoms with van der Waals surface area (Å²) < 4.78 is 14.2. The van der Waals surface area contributed by atoms with Crippen LogP contribution in [0.15, 0.2) is 18.5 Å². The van der Waals surface area contributed by atoms with E-state index in [1.54, 1.807) is 11.1 Å². The number of thiazole rings is 1. The van der Waals surface area contributed by atoms with Gasteiger partial charge < -0.3 is 15.5 Å². The standard InChI is InChI=1S/C22H26FN7O2S/c1-11(13-6-14(23)8-24-7-13)25-21-28-16(17-18(29-21)26-12(2)33-17)19(31)30-9-15(10-30)27-20(32)22(3,4)5/h6-8,11,15H,9-10H2,1-5H3,(H,27,32)(H,25,28,29)/t11-/m0/s1. The summed E-state index contributed by atoms with van der Waals surface area (Å²) in [6.45, 7) is 10.1. The predicted molar refractivity (Wildman–Crippen MR) is 123 cm³/mol. The van der Waals surface area contributed by atoms with Crippen molar-refractivity contribution < 1.29 is 14.0 Å². The Labute approximate surface area is 194 Å². The maximum Gasteiger partial charge on any atom is 0.274 e. The van der Waals surface area contributed by atoms with Gasteiger partial charge >= 0.3 is 0 Å². The monoisotopic (exact) mass is 471 g/mol. The van der Waals surface area contributed by atoms with Crippen LogP contribution in [-0.2, 0) is 4.79 Å². The van der Waals surface area contributed by atoms with Gasteiger partial charge in [0.15, 0.2) is 11.3 Å². The minimum atomic E-state index is -0.488. The number of nitrogens with zero attached hydrogens (tertiary/aromatic N) is 5. The number of hydrogen-bond acceptors (Lipinski definition) is 8. The van der Waals surface area contributed by atoms with Gasteiger partial charge in [-0.3, -0.25) is 14.6 Å². The third-order valence-corrected chi connectivity index (χ3v) is 6.29. The molecule has 4 rings (SSSR count). The van der Waals surface area contributed by atoms with Crippen LogP contribution in [0.5, 0.6) is 0 Å². The van der Waals surface area contributed by atoms with E-state index in [4.69, 9.17) is 0 Å². The van der Waals surface area contributed by atoms with Gasteiger partial charge in [-0.1, -0.05) is 20.8 Å². The Kier molecular flexibility index (Phi) is 6.00. The summed E-state index contributed by atoms with van der Waals surface area (Å²) in [6.07, 6.45) is 2.70. The minimum Gasteiger partial charge on any atom is -0.349 e. The summed E-state index contributed by atoms with van der Waals surface area (Å²) in [5.74, 6) is -0.495. The number of amides is 2. The van der Waals surface area contributed by atoms with Crippen LogP contribution in [0.4, 0.5) is 10.3 Å². The van der Waals surface area contributed by atoms with Crippen molar-refractivity contribution in [2.24, 2.45) is 5.41 Å². The molecule has 0 spiro atoms.